The van der Waals surface area contributed by atoms with Crippen LogP contribution < -0.4 is 4.90 Å². The van der Waals surface area contributed by atoms with Gasteiger partial charge in [-0.3, -0.25) is 10.1 Å². The van der Waals surface area contributed by atoms with E-state index in [0.29, 0.717) is 13.0 Å². The topological polar surface area (TPSA) is 66.6 Å². The third-order valence-electron chi connectivity index (χ3n) is 3.61. The molecule has 1 unspecified atom stereocenters. The van der Waals surface area contributed by atoms with Crippen LogP contribution in [-0.4, -0.2) is 29.2 Å². The zero-order valence-electron chi connectivity index (χ0n) is 10.9. The van der Waals surface area contributed by atoms with Gasteiger partial charge in [0.2, 0.25) is 0 Å². The fourth-order valence-electron chi connectivity index (χ4n) is 2.67. The second-order valence-corrected chi connectivity index (χ2v) is 5.27. The Morgan fingerprint density at radius 1 is 1.50 bits per heavy atom. The Balaban J connectivity index is 2.43. The zero-order chi connectivity index (χ0) is 14.7. The van der Waals surface area contributed by atoms with E-state index in [4.69, 9.17) is 16.7 Å². The van der Waals surface area contributed by atoms with Crippen LogP contribution in [0.1, 0.15) is 25.7 Å². The van der Waals surface area contributed by atoms with Gasteiger partial charge in [0.1, 0.15) is 11.5 Å². The Morgan fingerprint density at radius 3 is 2.90 bits per heavy atom. The second kappa shape index (κ2) is 6.37. The molecule has 1 aliphatic rings. The molecule has 1 N–H and O–H groups in total. The van der Waals surface area contributed by atoms with Crippen molar-refractivity contribution >= 4 is 23.0 Å². The lowest BCUT2D eigenvalue weighted by molar-refractivity contribution is -0.384. The number of nitro groups is 1. The maximum atomic E-state index is 13.7. The SMILES string of the molecule is O=[N+]([O-])c1cc(Cl)c(F)cc1N1CCCCC1CCO. The van der Waals surface area contributed by atoms with Gasteiger partial charge in [0.05, 0.1) is 9.95 Å². The minimum atomic E-state index is -0.666. The predicted molar refractivity (Wildman–Crippen MR) is 74.8 cm³/mol. The molecule has 1 fully saturated rings. The molecule has 20 heavy (non-hydrogen) atoms. The van der Waals surface area contributed by atoms with Crippen LogP contribution in [-0.2, 0) is 0 Å². The van der Waals surface area contributed by atoms with Crippen LogP contribution in [0.3, 0.4) is 0 Å². The smallest absolute Gasteiger partial charge is 0.294 e. The van der Waals surface area contributed by atoms with Gasteiger partial charge in [-0.1, -0.05) is 11.6 Å². The van der Waals surface area contributed by atoms with Crippen molar-refractivity contribution in [2.75, 3.05) is 18.1 Å². The lowest BCUT2D eigenvalue weighted by Crippen LogP contribution is -2.40. The maximum absolute atomic E-state index is 13.7. The molecule has 0 amide bonds. The first kappa shape index (κ1) is 15.0. The standard InChI is InChI=1S/C13H16ClFN2O3/c14-10-7-13(17(19)20)12(8-11(10)15)16-5-2-1-3-9(16)4-6-18/h7-9,18H,1-6H2. The summed E-state index contributed by atoms with van der Waals surface area (Å²) in [7, 11) is 0. The lowest BCUT2D eigenvalue weighted by Gasteiger charge is -2.37. The monoisotopic (exact) mass is 302 g/mol. The number of hydrogen-bond acceptors (Lipinski definition) is 4. The number of rotatable bonds is 4. The Kier molecular flexibility index (Phi) is 4.77. The fraction of sp³-hybridized carbons (Fsp3) is 0.538. The number of hydrogen-bond donors (Lipinski definition) is 1. The van der Waals surface area contributed by atoms with Crippen molar-refractivity contribution in [3.05, 3.63) is 33.1 Å². The molecular weight excluding hydrogens is 287 g/mol. The average molecular weight is 303 g/mol. The summed E-state index contributed by atoms with van der Waals surface area (Å²) in [6, 6.07) is 2.17. The molecule has 2 rings (SSSR count). The van der Waals surface area contributed by atoms with Crippen LogP contribution in [0, 0.1) is 15.9 Å². The molecule has 1 heterocycles. The summed E-state index contributed by atoms with van der Waals surface area (Å²) in [4.78, 5) is 12.4. The van der Waals surface area contributed by atoms with Crippen molar-refractivity contribution in [1.82, 2.24) is 0 Å². The van der Waals surface area contributed by atoms with Gasteiger partial charge in [-0.05, 0) is 25.7 Å². The van der Waals surface area contributed by atoms with E-state index in [1.54, 1.807) is 0 Å². The Labute approximate surface area is 121 Å². The molecule has 5 nitrogen and oxygen atoms in total. The van der Waals surface area contributed by atoms with E-state index in [0.717, 1.165) is 31.4 Å². The van der Waals surface area contributed by atoms with Crippen molar-refractivity contribution in [2.24, 2.45) is 0 Å². The lowest BCUT2D eigenvalue weighted by atomic mass is 9.98. The van der Waals surface area contributed by atoms with Gasteiger partial charge >= 0.3 is 0 Å². The van der Waals surface area contributed by atoms with E-state index in [1.807, 2.05) is 4.90 Å². The molecule has 0 spiro atoms. The van der Waals surface area contributed by atoms with E-state index in [9.17, 15) is 14.5 Å². The number of nitro benzene ring substituents is 1. The minimum absolute atomic E-state index is 0.00500. The number of anilines is 1. The first-order chi connectivity index (χ1) is 9.54. The molecule has 1 aromatic carbocycles. The van der Waals surface area contributed by atoms with Crippen molar-refractivity contribution in [3.63, 3.8) is 0 Å². The van der Waals surface area contributed by atoms with Crippen molar-refractivity contribution in [2.45, 2.75) is 31.7 Å². The summed E-state index contributed by atoms with van der Waals surface area (Å²) >= 11 is 5.63. The zero-order valence-corrected chi connectivity index (χ0v) is 11.6. The van der Waals surface area contributed by atoms with Gasteiger partial charge in [0.25, 0.3) is 5.69 Å². The highest BCUT2D eigenvalue weighted by atomic mass is 35.5. The normalized spacial score (nSPS) is 19.1. The van der Waals surface area contributed by atoms with Crippen LogP contribution in [0.5, 0.6) is 0 Å². The van der Waals surface area contributed by atoms with Gasteiger partial charge in [0.15, 0.2) is 0 Å². The molecular formula is C13H16ClFN2O3. The highest BCUT2D eigenvalue weighted by molar-refractivity contribution is 6.31. The molecule has 1 saturated heterocycles. The molecule has 1 aliphatic heterocycles. The summed E-state index contributed by atoms with van der Waals surface area (Å²) in [5.41, 5.74) is 0.0521. The largest absolute Gasteiger partial charge is 0.396 e. The summed E-state index contributed by atoms with van der Waals surface area (Å²) in [6.45, 7) is 0.623. The average Bonchev–Trinajstić information content (AvgIpc) is 2.42. The van der Waals surface area contributed by atoms with Crippen LogP contribution in [0.25, 0.3) is 0 Å². The van der Waals surface area contributed by atoms with E-state index in [1.165, 1.54) is 0 Å². The van der Waals surface area contributed by atoms with Crippen LogP contribution in [0.4, 0.5) is 15.8 Å². The third-order valence-corrected chi connectivity index (χ3v) is 3.90. The fourth-order valence-corrected chi connectivity index (χ4v) is 2.83. The molecule has 0 aromatic heterocycles. The highest BCUT2D eigenvalue weighted by Crippen LogP contribution is 2.36. The highest BCUT2D eigenvalue weighted by Gasteiger charge is 2.29. The number of aliphatic hydroxyl groups excluding tert-OH is 1. The first-order valence-corrected chi connectivity index (χ1v) is 6.93. The molecule has 7 heteroatoms. The maximum Gasteiger partial charge on any atom is 0.294 e. The first-order valence-electron chi connectivity index (χ1n) is 6.55. The van der Waals surface area contributed by atoms with E-state index in [2.05, 4.69) is 0 Å². The van der Waals surface area contributed by atoms with Gasteiger partial charge in [-0.25, -0.2) is 4.39 Å². The molecule has 110 valence electrons. The molecule has 0 bridgehead atoms. The summed E-state index contributed by atoms with van der Waals surface area (Å²) in [6.07, 6.45) is 3.25. The van der Waals surface area contributed by atoms with E-state index in [-0.39, 0.29) is 29.0 Å². The third kappa shape index (κ3) is 3.02. The number of halogens is 2. The molecule has 1 aromatic rings. The van der Waals surface area contributed by atoms with Gasteiger partial charge in [-0.2, -0.15) is 0 Å². The molecule has 0 saturated carbocycles. The number of aliphatic hydroxyl groups is 1. The van der Waals surface area contributed by atoms with Gasteiger partial charge in [-0.15, -0.1) is 0 Å². The van der Waals surface area contributed by atoms with Crippen molar-refractivity contribution < 1.29 is 14.4 Å². The van der Waals surface area contributed by atoms with Gasteiger partial charge in [0, 0.05) is 31.3 Å². The molecule has 0 radical (unpaired) electrons. The Morgan fingerprint density at radius 2 is 2.25 bits per heavy atom. The summed E-state index contributed by atoms with van der Waals surface area (Å²) in [5, 5.41) is 20.0. The Hall–Kier alpha value is -1.40. The second-order valence-electron chi connectivity index (χ2n) is 4.87. The van der Waals surface area contributed by atoms with Crippen LogP contribution >= 0.6 is 11.6 Å². The van der Waals surface area contributed by atoms with Gasteiger partial charge < -0.3 is 10.0 Å². The van der Waals surface area contributed by atoms with E-state index < -0.39 is 10.7 Å². The molecule has 0 aliphatic carbocycles. The number of piperidine rings is 1. The van der Waals surface area contributed by atoms with Crippen molar-refractivity contribution in [3.8, 4) is 0 Å². The predicted octanol–water partition coefficient (Wildman–Crippen LogP) is 3.13. The van der Waals surface area contributed by atoms with Crippen LogP contribution in [0.15, 0.2) is 12.1 Å². The number of benzene rings is 1. The van der Waals surface area contributed by atoms with Crippen LogP contribution in [0.2, 0.25) is 5.02 Å². The quantitative estimate of drug-likeness (QED) is 0.685. The summed E-state index contributed by atoms with van der Waals surface area (Å²) < 4.78 is 13.7. The summed E-state index contributed by atoms with van der Waals surface area (Å²) in [5.74, 6) is -0.666. The van der Waals surface area contributed by atoms with E-state index >= 15 is 0 Å². The van der Waals surface area contributed by atoms with Crippen molar-refractivity contribution in [1.29, 1.82) is 0 Å². The molecule has 1 atom stereocenters. The number of nitrogens with zero attached hydrogens (tertiary/aromatic N) is 2. The minimum Gasteiger partial charge on any atom is -0.396 e. The Bertz CT molecular complexity index is 511.